The highest BCUT2D eigenvalue weighted by Crippen LogP contribution is 2.46. The van der Waals surface area contributed by atoms with E-state index in [-0.39, 0.29) is 36.1 Å². The molecule has 1 aliphatic carbocycles. The van der Waals surface area contributed by atoms with Gasteiger partial charge in [0.1, 0.15) is 12.2 Å². The second-order valence-electron chi connectivity index (χ2n) is 5.24. The van der Waals surface area contributed by atoms with E-state index in [4.69, 9.17) is 9.47 Å². The van der Waals surface area contributed by atoms with Crippen LogP contribution in [0.1, 0.15) is 19.8 Å². The summed E-state index contributed by atoms with van der Waals surface area (Å²) in [5.74, 6) is -1.70. The normalized spacial score (nSPS) is 35.1. The first-order valence-corrected chi connectivity index (χ1v) is 6.58. The molecule has 0 aromatic carbocycles. The fourth-order valence-electron chi connectivity index (χ4n) is 3.03. The Hall–Kier alpha value is -1.85. The van der Waals surface area contributed by atoms with Gasteiger partial charge in [0, 0.05) is 17.9 Å². The largest absolute Gasteiger partial charge is 0.469 e. The lowest BCUT2D eigenvalue weighted by Crippen LogP contribution is -2.34. The van der Waals surface area contributed by atoms with Gasteiger partial charge in [-0.3, -0.25) is 9.59 Å². The number of esters is 3. The number of methoxy groups -OCH3 is 1. The summed E-state index contributed by atoms with van der Waals surface area (Å²) in [5.41, 5.74) is 0. The molecule has 0 radical (unpaired) electrons. The topological polar surface area (TPSA) is 78.9 Å². The van der Waals surface area contributed by atoms with Crippen molar-refractivity contribution in [3.05, 3.63) is 12.7 Å². The van der Waals surface area contributed by atoms with E-state index in [9.17, 15) is 14.4 Å². The van der Waals surface area contributed by atoms with Crippen LogP contribution >= 0.6 is 0 Å². The smallest absolute Gasteiger partial charge is 0.330 e. The first-order valence-electron chi connectivity index (χ1n) is 6.58. The minimum atomic E-state index is -0.613. The summed E-state index contributed by atoms with van der Waals surface area (Å²) in [4.78, 5) is 34.5. The van der Waals surface area contributed by atoms with Gasteiger partial charge in [-0.2, -0.15) is 0 Å². The van der Waals surface area contributed by atoms with Gasteiger partial charge in [-0.1, -0.05) is 13.5 Å². The van der Waals surface area contributed by atoms with Crippen LogP contribution in [0.5, 0.6) is 0 Å². The number of rotatable bonds is 4. The molecular formula is C14H18O6. The van der Waals surface area contributed by atoms with Crippen molar-refractivity contribution in [3.63, 3.8) is 0 Å². The van der Waals surface area contributed by atoms with Crippen LogP contribution in [0.15, 0.2) is 12.7 Å². The van der Waals surface area contributed by atoms with E-state index < -0.39 is 18.2 Å². The van der Waals surface area contributed by atoms with Crippen LogP contribution < -0.4 is 0 Å². The molecule has 4 unspecified atom stereocenters. The van der Waals surface area contributed by atoms with Crippen LogP contribution in [0.2, 0.25) is 0 Å². The standard InChI is InChI=1S/C14H18O6/c1-4-10(15)19-12-8(6-11(16)18-3)5-9-7(2)14(17)20-13(9)12/h4,7-9,12-13H,1,5-6H2,2-3H3/t7?,8-,9?,12?,13?/m0/s1. The zero-order chi connectivity index (χ0) is 14.9. The third-order valence-corrected chi connectivity index (χ3v) is 4.13. The van der Waals surface area contributed by atoms with Crippen molar-refractivity contribution in [1.29, 1.82) is 0 Å². The fraction of sp³-hybridized carbons (Fsp3) is 0.643. The van der Waals surface area contributed by atoms with Crippen LogP contribution in [0.3, 0.4) is 0 Å². The maximum absolute atomic E-state index is 11.6. The number of fused-ring (bicyclic) bond motifs is 1. The van der Waals surface area contributed by atoms with E-state index in [1.165, 1.54) is 7.11 Å². The summed E-state index contributed by atoms with van der Waals surface area (Å²) in [6, 6.07) is 0. The highest BCUT2D eigenvalue weighted by molar-refractivity contribution is 5.81. The Bertz CT molecular complexity index is 443. The van der Waals surface area contributed by atoms with Crippen LogP contribution in [0.25, 0.3) is 0 Å². The first-order chi connectivity index (χ1) is 9.47. The van der Waals surface area contributed by atoms with Gasteiger partial charge < -0.3 is 14.2 Å². The molecule has 0 aromatic rings. The van der Waals surface area contributed by atoms with Gasteiger partial charge in [0.2, 0.25) is 0 Å². The zero-order valence-corrected chi connectivity index (χ0v) is 11.5. The van der Waals surface area contributed by atoms with Gasteiger partial charge in [-0.25, -0.2) is 4.79 Å². The number of ether oxygens (including phenoxy) is 3. The SMILES string of the molecule is C=CC(=O)OC1C2OC(=O)C(C)C2C[C@H]1CC(=O)OC. The van der Waals surface area contributed by atoms with E-state index >= 15 is 0 Å². The molecule has 0 spiro atoms. The summed E-state index contributed by atoms with van der Waals surface area (Å²) < 4.78 is 15.2. The molecule has 20 heavy (non-hydrogen) atoms. The molecule has 2 fully saturated rings. The number of hydrogen-bond acceptors (Lipinski definition) is 6. The Morgan fingerprint density at radius 3 is 2.80 bits per heavy atom. The van der Waals surface area contributed by atoms with E-state index in [0.29, 0.717) is 6.42 Å². The lowest BCUT2D eigenvalue weighted by molar-refractivity contribution is -0.161. The van der Waals surface area contributed by atoms with Crippen LogP contribution in [-0.4, -0.2) is 37.2 Å². The summed E-state index contributed by atoms with van der Waals surface area (Å²) in [7, 11) is 1.31. The molecule has 1 saturated heterocycles. The molecule has 6 heteroatoms. The van der Waals surface area contributed by atoms with E-state index in [0.717, 1.165) is 6.08 Å². The van der Waals surface area contributed by atoms with Gasteiger partial charge in [0.25, 0.3) is 0 Å². The molecule has 2 aliphatic rings. The summed E-state index contributed by atoms with van der Waals surface area (Å²) in [6.45, 7) is 5.14. The minimum Gasteiger partial charge on any atom is -0.469 e. The summed E-state index contributed by atoms with van der Waals surface area (Å²) in [6.07, 6.45) is 0.711. The van der Waals surface area contributed by atoms with Gasteiger partial charge in [-0.05, 0) is 6.42 Å². The number of hydrogen-bond donors (Lipinski definition) is 0. The van der Waals surface area contributed by atoms with E-state index in [1.54, 1.807) is 6.92 Å². The molecule has 1 saturated carbocycles. The number of carbonyl (C=O) groups excluding carboxylic acids is 3. The monoisotopic (exact) mass is 282 g/mol. The van der Waals surface area contributed by atoms with Crippen molar-refractivity contribution < 1.29 is 28.6 Å². The quantitative estimate of drug-likeness (QED) is 0.432. The highest BCUT2D eigenvalue weighted by Gasteiger charge is 2.55. The minimum absolute atomic E-state index is 0.0280. The molecule has 0 amide bonds. The van der Waals surface area contributed by atoms with Crippen molar-refractivity contribution in [2.24, 2.45) is 17.8 Å². The summed E-state index contributed by atoms with van der Waals surface area (Å²) >= 11 is 0. The Balaban J connectivity index is 2.15. The van der Waals surface area contributed by atoms with Gasteiger partial charge in [-0.15, -0.1) is 0 Å². The van der Waals surface area contributed by atoms with Crippen LogP contribution in [0.4, 0.5) is 0 Å². The van der Waals surface area contributed by atoms with Gasteiger partial charge in [0.05, 0.1) is 19.4 Å². The van der Waals surface area contributed by atoms with Crippen molar-refractivity contribution in [1.82, 2.24) is 0 Å². The predicted octanol–water partition coefficient (Wildman–Crippen LogP) is 0.845. The molecule has 0 N–H and O–H groups in total. The average molecular weight is 282 g/mol. The average Bonchev–Trinajstić information content (AvgIpc) is 2.89. The fourth-order valence-corrected chi connectivity index (χ4v) is 3.03. The molecule has 6 nitrogen and oxygen atoms in total. The Morgan fingerprint density at radius 1 is 1.50 bits per heavy atom. The molecule has 110 valence electrons. The van der Waals surface area contributed by atoms with Crippen molar-refractivity contribution in [2.45, 2.75) is 32.0 Å². The predicted molar refractivity (Wildman–Crippen MR) is 67.4 cm³/mol. The Labute approximate surface area is 117 Å². The molecule has 5 atom stereocenters. The first kappa shape index (κ1) is 14.6. The Morgan fingerprint density at radius 2 is 2.20 bits per heavy atom. The zero-order valence-electron chi connectivity index (χ0n) is 11.5. The van der Waals surface area contributed by atoms with Crippen LogP contribution in [-0.2, 0) is 28.6 Å². The molecule has 0 aromatic heterocycles. The maximum Gasteiger partial charge on any atom is 0.330 e. The third kappa shape index (κ3) is 2.55. The van der Waals surface area contributed by atoms with Crippen molar-refractivity contribution >= 4 is 17.9 Å². The Kier molecular flexibility index (Phi) is 4.11. The van der Waals surface area contributed by atoms with Gasteiger partial charge >= 0.3 is 17.9 Å². The second-order valence-corrected chi connectivity index (χ2v) is 5.24. The third-order valence-electron chi connectivity index (χ3n) is 4.13. The number of carbonyl (C=O) groups is 3. The maximum atomic E-state index is 11.6. The van der Waals surface area contributed by atoms with E-state index in [1.807, 2.05) is 0 Å². The molecule has 1 aliphatic heterocycles. The lowest BCUT2D eigenvalue weighted by atomic mass is 9.92. The van der Waals surface area contributed by atoms with Crippen molar-refractivity contribution in [2.75, 3.05) is 7.11 Å². The second kappa shape index (κ2) is 5.64. The summed E-state index contributed by atoms with van der Waals surface area (Å²) in [5, 5.41) is 0. The van der Waals surface area contributed by atoms with E-state index in [2.05, 4.69) is 11.3 Å². The molecule has 0 bridgehead atoms. The van der Waals surface area contributed by atoms with Crippen LogP contribution in [0, 0.1) is 17.8 Å². The highest BCUT2D eigenvalue weighted by atomic mass is 16.6. The lowest BCUT2D eigenvalue weighted by Gasteiger charge is -2.22. The molecular weight excluding hydrogens is 264 g/mol. The van der Waals surface area contributed by atoms with Crippen molar-refractivity contribution in [3.8, 4) is 0 Å². The molecule has 1 heterocycles. The van der Waals surface area contributed by atoms with Gasteiger partial charge in [0.15, 0.2) is 0 Å². The molecule has 2 rings (SSSR count).